The predicted molar refractivity (Wildman–Crippen MR) is 104 cm³/mol. The first kappa shape index (κ1) is 17.4. The number of aromatic nitrogens is 1. The zero-order chi connectivity index (χ0) is 18.6. The van der Waals surface area contributed by atoms with Gasteiger partial charge in [0.25, 0.3) is 0 Å². The quantitative estimate of drug-likeness (QED) is 0.323. The Kier molecular flexibility index (Phi) is 4.98. The Morgan fingerprint density at radius 3 is 2.74 bits per heavy atom. The molecule has 4 rings (SSSR count). The van der Waals surface area contributed by atoms with Crippen LogP contribution in [0.2, 0.25) is 0 Å². The summed E-state index contributed by atoms with van der Waals surface area (Å²) in [6, 6.07) is 18.7. The van der Waals surface area contributed by atoms with Crippen molar-refractivity contribution >= 4 is 28.7 Å². The van der Waals surface area contributed by atoms with E-state index < -0.39 is 0 Å². The molecule has 2 aromatic carbocycles. The van der Waals surface area contributed by atoms with Crippen molar-refractivity contribution in [1.82, 2.24) is 5.16 Å². The lowest BCUT2D eigenvalue weighted by atomic mass is 10.2. The van der Waals surface area contributed by atoms with Gasteiger partial charge in [-0.25, -0.2) is 4.79 Å². The number of carbonyl (C=O) groups is 1. The minimum Gasteiger partial charge on any atom is -0.455 e. The Bertz CT molecular complexity index is 1050. The van der Waals surface area contributed by atoms with E-state index in [0.717, 1.165) is 21.6 Å². The number of furan rings is 1. The molecule has 6 heteroatoms. The molecule has 2 heterocycles. The molecule has 5 nitrogen and oxygen atoms in total. The van der Waals surface area contributed by atoms with Crippen molar-refractivity contribution in [2.75, 3.05) is 5.75 Å². The van der Waals surface area contributed by atoms with Crippen molar-refractivity contribution in [2.45, 2.75) is 18.4 Å². The summed E-state index contributed by atoms with van der Waals surface area (Å²) in [5, 5.41) is 4.96. The molecule has 0 saturated heterocycles. The molecule has 0 saturated carbocycles. The van der Waals surface area contributed by atoms with E-state index in [0.29, 0.717) is 22.8 Å². The number of nitrogens with zero attached hydrogens (tertiary/aromatic N) is 1. The molecule has 0 radical (unpaired) electrons. The van der Waals surface area contributed by atoms with E-state index in [1.807, 2.05) is 55.5 Å². The van der Waals surface area contributed by atoms with E-state index in [9.17, 15) is 4.79 Å². The number of para-hydroxylation sites is 1. The molecule has 0 N–H and O–H groups in total. The molecule has 0 fully saturated rings. The number of hydrogen-bond acceptors (Lipinski definition) is 6. The standard InChI is InChI=1S/C21H17NO4S/c1-2-27-20-10-6-4-8-16(20)21(23)24-13-15-12-19(26-22-15)18-11-14-7-3-5-9-17(14)25-18/h3-12H,2,13H2,1H3. The van der Waals surface area contributed by atoms with Gasteiger partial charge < -0.3 is 13.7 Å². The summed E-state index contributed by atoms with van der Waals surface area (Å²) in [6.07, 6.45) is 0. The van der Waals surface area contributed by atoms with Gasteiger partial charge in [-0.3, -0.25) is 0 Å². The molecule has 0 amide bonds. The molecule has 0 spiro atoms. The zero-order valence-electron chi connectivity index (χ0n) is 14.7. The molecule has 27 heavy (non-hydrogen) atoms. The van der Waals surface area contributed by atoms with Gasteiger partial charge in [-0.15, -0.1) is 11.8 Å². The SMILES string of the molecule is CCSc1ccccc1C(=O)OCc1cc(-c2cc3ccccc3o2)on1. The maximum absolute atomic E-state index is 12.4. The van der Waals surface area contributed by atoms with E-state index in [1.54, 1.807) is 23.9 Å². The second kappa shape index (κ2) is 7.72. The fraction of sp³-hybridized carbons (Fsp3) is 0.143. The Balaban J connectivity index is 1.46. The molecular formula is C21H17NO4S. The number of carbonyl (C=O) groups excluding carboxylic acids is 1. The number of thioether (sulfide) groups is 1. The second-order valence-corrected chi connectivity index (χ2v) is 7.14. The number of benzene rings is 2. The van der Waals surface area contributed by atoms with Crippen LogP contribution in [-0.4, -0.2) is 16.9 Å². The topological polar surface area (TPSA) is 65.5 Å². The minimum atomic E-state index is -0.375. The van der Waals surface area contributed by atoms with Crippen LogP contribution in [0.3, 0.4) is 0 Å². The van der Waals surface area contributed by atoms with Crippen molar-refractivity contribution < 1.29 is 18.5 Å². The van der Waals surface area contributed by atoms with Crippen LogP contribution < -0.4 is 0 Å². The van der Waals surface area contributed by atoms with E-state index in [-0.39, 0.29) is 12.6 Å². The summed E-state index contributed by atoms with van der Waals surface area (Å²) in [7, 11) is 0. The fourth-order valence-electron chi connectivity index (χ4n) is 2.73. The maximum Gasteiger partial charge on any atom is 0.339 e. The summed E-state index contributed by atoms with van der Waals surface area (Å²) in [4.78, 5) is 13.3. The van der Waals surface area contributed by atoms with Crippen molar-refractivity contribution in [2.24, 2.45) is 0 Å². The number of rotatable bonds is 6. The van der Waals surface area contributed by atoms with Crippen LogP contribution >= 0.6 is 11.8 Å². The highest BCUT2D eigenvalue weighted by molar-refractivity contribution is 7.99. The van der Waals surface area contributed by atoms with Crippen LogP contribution in [0.4, 0.5) is 0 Å². The van der Waals surface area contributed by atoms with Crippen LogP contribution in [0.5, 0.6) is 0 Å². The van der Waals surface area contributed by atoms with Crippen molar-refractivity contribution in [3.8, 4) is 11.5 Å². The molecular weight excluding hydrogens is 362 g/mol. The van der Waals surface area contributed by atoms with E-state index in [2.05, 4.69) is 5.16 Å². The van der Waals surface area contributed by atoms with Gasteiger partial charge in [0, 0.05) is 16.3 Å². The molecule has 0 bridgehead atoms. The van der Waals surface area contributed by atoms with Crippen LogP contribution in [0.25, 0.3) is 22.5 Å². The first-order valence-electron chi connectivity index (χ1n) is 8.58. The van der Waals surface area contributed by atoms with Crippen LogP contribution in [-0.2, 0) is 11.3 Å². The molecule has 136 valence electrons. The van der Waals surface area contributed by atoms with Crippen LogP contribution in [0.15, 0.2) is 74.5 Å². The zero-order valence-corrected chi connectivity index (χ0v) is 15.5. The third-order valence-electron chi connectivity index (χ3n) is 3.99. The van der Waals surface area contributed by atoms with Gasteiger partial charge in [-0.1, -0.05) is 42.4 Å². The average Bonchev–Trinajstić information content (AvgIpc) is 3.33. The molecule has 4 aromatic rings. The first-order chi connectivity index (χ1) is 13.2. The lowest BCUT2D eigenvalue weighted by molar-refractivity contribution is 0.0460. The third-order valence-corrected chi connectivity index (χ3v) is 4.94. The number of hydrogen-bond donors (Lipinski definition) is 0. The van der Waals surface area contributed by atoms with Crippen molar-refractivity contribution in [1.29, 1.82) is 0 Å². The van der Waals surface area contributed by atoms with Gasteiger partial charge in [-0.05, 0) is 30.0 Å². The van der Waals surface area contributed by atoms with Crippen molar-refractivity contribution in [3.05, 3.63) is 71.9 Å². The van der Waals surface area contributed by atoms with Gasteiger partial charge in [0.05, 0.1) is 5.56 Å². The number of esters is 1. The van der Waals surface area contributed by atoms with Crippen molar-refractivity contribution in [3.63, 3.8) is 0 Å². The molecule has 0 aliphatic rings. The molecule has 0 aliphatic heterocycles. The van der Waals surface area contributed by atoms with E-state index in [4.69, 9.17) is 13.7 Å². The summed E-state index contributed by atoms with van der Waals surface area (Å²) in [5.41, 5.74) is 1.87. The maximum atomic E-state index is 12.4. The summed E-state index contributed by atoms with van der Waals surface area (Å²) >= 11 is 1.61. The molecule has 0 unspecified atom stereocenters. The lowest BCUT2D eigenvalue weighted by Crippen LogP contribution is -2.06. The van der Waals surface area contributed by atoms with Gasteiger partial charge in [-0.2, -0.15) is 0 Å². The highest BCUT2D eigenvalue weighted by Crippen LogP contribution is 2.28. The average molecular weight is 379 g/mol. The molecule has 0 aliphatic carbocycles. The highest BCUT2D eigenvalue weighted by Gasteiger charge is 2.16. The highest BCUT2D eigenvalue weighted by atomic mass is 32.2. The Morgan fingerprint density at radius 1 is 1.07 bits per heavy atom. The Hall–Kier alpha value is -2.99. The normalized spacial score (nSPS) is 11.0. The van der Waals surface area contributed by atoms with Crippen LogP contribution in [0, 0.1) is 0 Å². The predicted octanol–water partition coefficient (Wildman–Crippen LogP) is 5.56. The fourth-order valence-corrected chi connectivity index (χ4v) is 3.53. The second-order valence-electron chi connectivity index (χ2n) is 5.84. The first-order valence-corrected chi connectivity index (χ1v) is 9.56. The van der Waals surface area contributed by atoms with Gasteiger partial charge in [0.1, 0.15) is 17.9 Å². The molecule has 0 atom stereocenters. The van der Waals surface area contributed by atoms with Gasteiger partial charge >= 0.3 is 5.97 Å². The number of ether oxygens (including phenoxy) is 1. The molecule has 2 aromatic heterocycles. The summed E-state index contributed by atoms with van der Waals surface area (Å²) in [5.74, 6) is 1.60. The minimum absolute atomic E-state index is 0.0354. The Morgan fingerprint density at radius 2 is 1.89 bits per heavy atom. The summed E-state index contributed by atoms with van der Waals surface area (Å²) < 4.78 is 16.5. The summed E-state index contributed by atoms with van der Waals surface area (Å²) in [6.45, 7) is 2.08. The number of fused-ring (bicyclic) bond motifs is 1. The van der Waals surface area contributed by atoms with Gasteiger partial charge in [0.15, 0.2) is 5.76 Å². The lowest BCUT2D eigenvalue weighted by Gasteiger charge is -2.07. The largest absolute Gasteiger partial charge is 0.455 e. The Labute approximate surface area is 160 Å². The van der Waals surface area contributed by atoms with Gasteiger partial charge in [0.2, 0.25) is 5.76 Å². The van der Waals surface area contributed by atoms with E-state index >= 15 is 0 Å². The monoisotopic (exact) mass is 379 g/mol. The van der Waals surface area contributed by atoms with Crippen LogP contribution in [0.1, 0.15) is 23.0 Å². The smallest absolute Gasteiger partial charge is 0.339 e. The third kappa shape index (κ3) is 3.75. The van der Waals surface area contributed by atoms with E-state index in [1.165, 1.54) is 0 Å².